The molecule has 3 rings (SSSR count). The number of carbonyl (C=O) groups excluding carboxylic acids is 4. The molecule has 2 aromatic carbocycles. The van der Waals surface area contributed by atoms with Gasteiger partial charge in [-0.2, -0.15) is 0 Å². The highest BCUT2D eigenvalue weighted by atomic mass is 16.5. The Morgan fingerprint density at radius 2 is 1.52 bits per heavy atom. The minimum absolute atomic E-state index is 0.00721. The zero-order valence-electron chi connectivity index (χ0n) is 16.2. The van der Waals surface area contributed by atoms with Gasteiger partial charge >= 0.3 is 11.9 Å². The molecular weight excluding hydrogens is 374 g/mol. The third-order valence-corrected chi connectivity index (χ3v) is 4.98. The fourth-order valence-corrected chi connectivity index (χ4v) is 3.27. The molecule has 0 unspecified atom stereocenters. The van der Waals surface area contributed by atoms with Crippen molar-refractivity contribution in [3.05, 3.63) is 71.8 Å². The van der Waals surface area contributed by atoms with Gasteiger partial charge in [-0.25, -0.2) is 4.79 Å². The van der Waals surface area contributed by atoms with E-state index in [2.05, 4.69) is 0 Å². The lowest BCUT2D eigenvalue weighted by Crippen LogP contribution is -2.42. The number of benzene rings is 2. The van der Waals surface area contributed by atoms with Crippen molar-refractivity contribution < 1.29 is 28.7 Å². The molecule has 0 saturated carbocycles. The molecule has 1 fully saturated rings. The second-order valence-corrected chi connectivity index (χ2v) is 6.90. The molecule has 1 saturated heterocycles. The van der Waals surface area contributed by atoms with Crippen molar-refractivity contribution in [3.8, 4) is 0 Å². The van der Waals surface area contributed by atoms with Crippen molar-refractivity contribution in [3.63, 3.8) is 0 Å². The Morgan fingerprint density at radius 1 is 0.966 bits per heavy atom. The fraction of sp³-hybridized carbons (Fsp3) is 0.273. The molecule has 2 aromatic rings. The summed E-state index contributed by atoms with van der Waals surface area (Å²) in [5.41, 5.74) is -0.681. The predicted molar refractivity (Wildman–Crippen MR) is 102 cm³/mol. The Labute approximate surface area is 168 Å². The maximum Gasteiger partial charge on any atom is 0.336 e. The number of rotatable bonds is 6. The molecule has 150 valence electrons. The number of hydrogen-bond donors (Lipinski definition) is 0. The second-order valence-electron chi connectivity index (χ2n) is 6.90. The van der Waals surface area contributed by atoms with E-state index in [0.717, 1.165) is 12.0 Å². The van der Waals surface area contributed by atoms with Crippen LogP contribution in [0.2, 0.25) is 0 Å². The molecule has 0 N–H and O–H groups in total. The van der Waals surface area contributed by atoms with Crippen molar-refractivity contribution in [2.24, 2.45) is 5.41 Å². The normalized spacial score (nSPS) is 21.2. The number of methoxy groups -OCH3 is 1. The van der Waals surface area contributed by atoms with E-state index in [1.54, 1.807) is 48.5 Å². The van der Waals surface area contributed by atoms with Gasteiger partial charge in [0.25, 0.3) is 0 Å². The number of likely N-dealkylation sites (tertiary alicyclic amines) is 1. The summed E-state index contributed by atoms with van der Waals surface area (Å²) in [4.78, 5) is 52.3. The number of amides is 1. The van der Waals surface area contributed by atoms with Gasteiger partial charge in [0.2, 0.25) is 11.3 Å². The molecule has 1 aliphatic rings. The molecule has 29 heavy (non-hydrogen) atoms. The molecule has 0 aromatic heterocycles. The lowest BCUT2D eigenvalue weighted by atomic mass is 9.85. The van der Waals surface area contributed by atoms with Gasteiger partial charge in [0, 0.05) is 6.54 Å². The Hall–Kier alpha value is -3.48. The van der Waals surface area contributed by atoms with E-state index in [9.17, 15) is 19.2 Å². The van der Waals surface area contributed by atoms with E-state index < -0.39 is 35.1 Å². The van der Waals surface area contributed by atoms with Crippen LogP contribution in [-0.2, 0) is 41.8 Å². The Morgan fingerprint density at radius 3 is 2.07 bits per heavy atom. The fourth-order valence-electron chi connectivity index (χ4n) is 3.27. The van der Waals surface area contributed by atoms with Crippen LogP contribution in [0.5, 0.6) is 0 Å². The van der Waals surface area contributed by atoms with Gasteiger partial charge in [-0.05, 0) is 18.1 Å². The van der Waals surface area contributed by atoms with E-state index in [4.69, 9.17) is 9.47 Å². The van der Waals surface area contributed by atoms with Crippen LogP contribution < -0.4 is 0 Å². The number of ether oxygens (including phenoxy) is 2. The maximum atomic E-state index is 13.1. The maximum absolute atomic E-state index is 13.1. The SMILES string of the molecule is COC(=O)[C@H]1C(=O)[C@](C)(C(=O)OCc2ccccc2)C(=O)N1Cc1ccccc1. The van der Waals surface area contributed by atoms with Crippen LogP contribution in [0.3, 0.4) is 0 Å². The molecule has 2 atom stereocenters. The first-order valence-corrected chi connectivity index (χ1v) is 9.08. The molecule has 1 aliphatic heterocycles. The number of carbonyl (C=O) groups is 4. The van der Waals surface area contributed by atoms with Gasteiger partial charge in [0.1, 0.15) is 6.61 Å². The second kappa shape index (κ2) is 8.26. The van der Waals surface area contributed by atoms with Crippen molar-refractivity contribution in [2.45, 2.75) is 26.1 Å². The summed E-state index contributed by atoms with van der Waals surface area (Å²) in [7, 11) is 1.13. The van der Waals surface area contributed by atoms with Crippen LogP contribution in [0, 0.1) is 5.41 Å². The first kappa shape index (κ1) is 20.3. The zero-order valence-corrected chi connectivity index (χ0v) is 16.2. The van der Waals surface area contributed by atoms with Gasteiger partial charge in [-0.1, -0.05) is 60.7 Å². The zero-order chi connectivity index (χ0) is 21.0. The van der Waals surface area contributed by atoms with Crippen molar-refractivity contribution in [2.75, 3.05) is 7.11 Å². The average molecular weight is 395 g/mol. The third-order valence-electron chi connectivity index (χ3n) is 4.98. The van der Waals surface area contributed by atoms with E-state index >= 15 is 0 Å². The monoisotopic (exact) mass is 395 g/mol. The number of Topliss-reactive ketones (excluding diaryl/α,β-unsaturated/α-hetero) is 1. The molecule has 0 aliphatic carbocycles. The van der Waals surface area contributed by atoms with E-state index in [-0.39, 0.29) is 13.2 Å². The van der Waals surface area contributed by atoms with Crippen LogP contribution in [0.25, 0.3) is 0 Å². The standard InChI is InChI=1S/C22H21NO6/c1-22(21(27)29-14-16-11-7-4-8-12-16)18(24)17(19(25)28-2)23(20(22)26)13-15-9-5-3-6-10-15/h3-12,17H,13-14H2,1-2H3/t17-,22+/m1/s1. The highest BCUT2D eigenvalue weighted by molar-refractivity contribution is 6.31. The molecule has 1 amide bonds. The number of nitrogens with zero attached hydrogens (tertiary/aromatic N) is 1. The number of esters is 2. The van der Waals surface area contributed by atoms with Crippen LogP contribution >= 0.6 is 0 Å². The summed E-state index contributed by atoms with van der Waals surface area (Å²) < 4.78 is 9.97. The summed E-state index contributed by atoms with van der Waals surface area (Å²) in [6, 6.07) is 16.3. The molecule has 0 bridgehead atoms. The molecule has 0 radical (unpaired) electrons. The molecule has 7 nitrogen and oxygen atoms in total. The molecule has 7 heteroatoms. The number of ketones is 1. The Balaban J connectivity index is 1.87. The highest BCUT2D eigenvalue weighted by Gasteiger charge is 2.64. The quantitative estimate of drug-likeness (QED) is 0.548. The smallest absolute Gasteiger partial charge is 0.336 e. The van der Waals surface area contributed by atoms with Gasteiger partial charge < -0.3 is 14.4 Å². The van der Waals surface area contributed by atoms with Crippen molar-refractivity contribution in [1.82, 2.24) is 4.90 Å². The van der Waals surface area contributed by atoms with Crippen molar-refractivity contribution in [1.29, 1.82) is 0 Å². The first-order valence-electron chi connectivity index (χ1n) is 9.08. The van der Waals surface area contributed by atoms with Gasteiger partial charge in [0.15, 0.2) is 11.8 Å². The topological polar surface area (TPSA) is 90.0 Å². The average Bonchev–Trinajstić information content (AvgIpc) is 2.94. The highest BCUT2D eigenvalue weighted by Crippen LogP contribution is 2.36. The first-order chi connectivity index (χ1) is 13.9. The molecule has 0 spiro atoms. The van der Waals surface area contributed by atoms with Crippen LogP contribution in [-0.4, -0.2) is 41.7 Å². The minimum atomic E-state index is -2.11. The molecule has 1 heterocycles. The lowest BCUT2D eigenvalue weighted by Gasteiger charge is -2.22. The summed E-state index contributed by atoms with van der Waals surface area (Å²) in [6.45, 7) is 1.11. The summed E-state index contributed by atoms with van der Waals surface area (Å²) in [5, 5.41) is 0. The minimum Gasteiger partial charge on any atom is -0.467 e. The van der Waals surface area contributed by atoms with Crippen LogP contribution in [0.4, 0.5) is 0 Å². The van der Waals surface area contributed by atoms with Crippen LogP contribution in [0.1, 0.15) is 18.1 Å². The summed E-state index contributed by atoms with van der Waals surface area (Å²) in [6.07, 6.45) is 0. The van der Waals surface area contributed by atoms with Crippen LogP contribution in [0.15, 0.2) is 60.7 Å². The van der Waals surface area contributed by atoms with E-state index in [1.807, 2.05) is 12.1 Å². The summed E-state index contributed by atoms with van der Waals surface area (Å²) >= 11 is 0. The number of hydrogen-bond acceptors (Lipinski definition) is 6. The van der Waals surface area contributed by atoms with Gasteiger partial charge in [-0.15, -0.1) is 0 Å². The van der Waals surface area contributed by atoms with E-state index in [0.29, 0.717) is 11.1 Å². The third kappa shape index (κ3) is 3.76. The Bertz CT molecular complexity index is 927. The summed E-state index contributed by atoms with van der Waals surface area (Å²) in [5.74, 6) is -3.50. The van der Waals surface area contributed by atoms with Gasteiger partial charge in [0.05, 0.1) is 7.11 Å². The lowest BCUT2D eigenvalue weighted by molar-refractivity contribution is -0.163. The molecular formula is C22H21NO6. The van der Waals surface area contributed by atoms with Gasteiger partial charge in [-0.3, -0.25) is 14.4 Å². The largest absolute Gasteiger partial charge is 0.467 e. The predicted octanol–water partition coefficient (Wildman–Crippen LogP) is 1.89. The van der Waals surface area contributed by atoms with Crippen molar-refractivity contribution >= 4 is 23.6 Å². The van der Waals surface area contributed by atoms with E-state index in [1.165, 1.54) is 6.92 Å². The Kier molecular flexibility index (Phi) is 5.77.